The van der Waals surface area contributed by atoms with E-state index in [0.717, 1.165) is 17.0 Å². The first-order valence-electron chi connectivity index (χ1n) is 11.2. The number of carbonyl (C=O) groups excluding carboxylic acids is 3. The van der Waals surface area contributed by atoms with Crippen molar-refractivity contribution in [2.45, 2.75) is 43.7 Å². The van der Waals surface area contributed by atoms with Crippen molar-refractivity contribution >= 4 is 29.2 Å². The molecular formula is C25H21F3N4O4. The molecule has 0 radical (unpaired) electrons. The topological polar surface area (TPSA) is 112 Å². The number of halogens is 3. The largest absolute Gasteiger partial charge is 0.417 e. The van der Waals surface area contributed by atoms with Gasteiger partial charge in [0, 0.05) is 12.1 Å². The van der Waals surface area contributed by atoms with E-state index in [2.05, 4.69) is 10.6 Å². The molecule has 5 rings (SSSR count). The fourth-order valence-corrected chi connectivity index (χ4v) is 5.85. The van der Waals surface area contributed by atoms with Gasteiger partial charge in [0.15, 0.2) is 0 Å². The number of fused-ring (bicyclic) bond motifs is 5. The predicted molar refractivity (Wildman–Crippen MR) is 121 cm³/mol. The van der Waals surface area contributed by atoms with Crippen molar-refractivity contribution in [2.75, 3.05) is 10.2 Å². The Labute approximate surface area is 204 Å². The molecule has 3 aliphatic rings. The van der Waals surface area contributed by atoms with E-state index >= 15 is 0 Å². The van der Waals surface area contributed by atoms with Gasteiger partial charge >= 0.3 is 12.2 Å². The summed E-state index contributed by atoms with van der Waals surface area (Å²) in [5, 5.41) is 14.6. The predicted octanol–water partition coefficient (Wildman–Crippen LogP) is 3.82. The lowest BCUT2D eigenvalue weighted by Gasteiger charge is -2.35. The van der Waals surface area contributed by atoms with Crippen molar-refractivity contribution in [3.8, 4) is 6.07 Å². The van der Waals surface area contributed by atoms with Crippen LogP contribution in [0, 0.1) is 23.2 Å². The number of imide groups is 1. The van der Waals surface area contributed by atoms with Gasteiger partial charge in [-0.3, -0.25) is 9.59 Å². The summed E-state index contributed by atoms with van der Waals surface area (Å²) in [5.41, 5.74) is -3.90. The molecule has 2 bridgehead atoms. The number of alkyl halides is 3. The average Bonchev–Trinajstić information content (AvgIpc) is 3.33. The Kier molecular flexibility index (Phi) is 5.16. The molecule has 0 saturated carbocycles. The summed E-state index contributed by atoms with van der Waals surface area (Å²) in [6, 6.07) is 11.8. The van der Waals surface area contributed by atoms with Crippen molar-refractivity contribution < 1.29 is 32.3 Å². The van der Waals surface area contributed by atoms with Crippen molar-refractivity contribution in [1.29, 1.82) is 5.26 Å². The minimum Gasteiger partial charge on any atom is -0.365 e. The number of benzene rings is 2. The number of ether oxygens (including phenoxy) is 1. The highest BCUT2D eigenvalue weighted by Gasteiger charge is 2.76. The van der Waals surface area contributed by atoms with Crippen molar-refractivity contribution in [1.82, 2.24) is 5.32 Å². The van der Waals surface area contributed by atoms with E-state index in [0.29, 0.717) is 11.8 Å². The van der Waals surface area contributed by atoms with Crippen LogP contribution in [0.15, 0.2) is 48.5 Å². The number of hydrogen-bond donors (Lipinski definition) is 2. The van der Waals surface area contributed by atoms with Gasteiger partial charge in [0.25, 0.3) is 0 Å². The van der Waals surface area contributed by atoms with Crippen molar-refractivity contribution in [3.05, 3.63) is 59.7 Å². The summed E-state index contributed by atoms with van der Waals surface area (Å²) in [6.45, 7) is 3.30. The third-order valence-electron chi connectivity index (χ3n) is 7.36. The normalized spacial score (nSPS) is 30.8. The highest BCUT2D eigenvalue weighted by Crippen LogP contribution is 2.61. The molecule has 8 nitrogen and oxygen atoms in total. The number of rotatable bonds is 3. The number of carbonyl (C=O) groups is 3. The Hall–Kier alpha value is -3.91. The molecule has 2 N–H and O–H groups in total. The van der Waals surface area contributed by atoms with E-state index < -0.39 is 64.2 Å². The van der Waals surface area contributed by atoms with Gasteiger partial charge in [0.1, 0.15) is 0 Å². The van der Waals surface area contributed by atoms with E-state index in [1.54, 1.807) is 44.2 Å². The molecule has 0 spiro atoms. The van der Waals surface area contributed by atoms with Crippen LogP contribution < -0.4 is 15.5 Å². The van der Waals surface area contributed by atoms with E-state index in [9.17, 15) is 27.6 Å². The van der Waals surface area contributed by atoms with E-state index in [4.69, 9.17) is 10.00 Å². The minimum atomic E-state index is -4.84. The number of nitrogens with one attached hydrogen (secondary N) is 2. The summed E-state index contributed by atoms with van der Waals surface area (Å²) in [4.78, 5) is 40.3. The molecule has 2 unspecified atom stereocenters. The fourth-order valence-electron chi connectivity index (χ4n) is 5.85. The summed E-state index contributed by atoms with van der Waals surface area (Å²) >= 11 is 0. The first-order valence-corrected chi connectivity index (χ1v) is 11.2. The monoisotopic (exact) mass is 498 g/mol. The van der Waals surface area contributed by atoms with Gasteiger partial charge < -0.3 is 15.4 Å². The van der Waals surface area contributed by atoms with E-state index in [-0.39, 0.29) is 12.1 Å². The fraction of sp³-hybridized carbons (Fsp3) is 0.360. The lowest BCUT2D eigenvalue weighted by Crippen LogP contribution is -2.57. The van der Waals surface area contributed by atoms with Gasteiger partial charge in [-0.05, 0) is 44.2 Å². The molecule has 3 aliphatic heterocycles. The van der Waals surface area contributed by atoms with Gasteiger partial charge in [-0.1, -0.05) is 18.2 Å². The maximum atomic E-state index is 13.5. The Morgan fingerprint density at radius 1 is 1.11 bits per heavy atom. The Bertz CT molecular complexity index is 1320. The van der Waals surface area contributed by atoms with Crippen LogP contribution in [0.25, 0.3) is 0 Å². The third kappa shape index (κ3) is 3.44. The minimum absolute atomic E-state index is 0.237. The molecule has 4 amide bonds. The third-order valence-corrected chi connectivity index (χ3v) is 7.36. The van der Waals surface area contributed by atoms with Crippen LogP contribution in [-0.2, 0) is 20.5 Å². The second kappa shape index (κ2) is 7.80. The maximum Gasteiger partial charge on any atom is 0.417 e. The zero-order valence-electron chi connectivity index (χ0n) is 19.2. The molecule has 3 heterocycles. The molecule has 11 heteroatoms. The van der Waals surface area contributed by atoms with E-state index in [1.165, 1.54) is 6.07 Å². The summed E-state index contributed by atoms with van der Waals surface area (Å²) in [6.07, 6.45) is -4.61. The van der Waals surface area contributed by atoms with Crippen molar-refractivity contribution in [3.63, 3.8) is 0 Å². The Balaban J connectivity index is 1.44. The van der Waals surface area contributed by atoms with Gasteiger partial charge in [-0.25, -0.2) is 9.69 Å². The second-order valence-electron chi connectivity index (χ2n) is 9.63. The number of urea groups is 1. The number of nitriles is 1. The zero-order chi connectivity index (χ0) is 26.0. The maximum absolute atomic E-state index is 13.5. The summed E-state index contributed by atoms with van der Waals surface area (Å²) < 4.78 is 46.7. The van der Waals surface area contributed by atoms with Crippen LogP contribution in [0.4, 0.5) is 29.3 Å². The molecule has 0 aliphatic carbocycles. The molecule has 2 aromatic carbocycles. The second-order valence-corrected chi connectivity index (χ2v) is 9.63. The van der Waals surface area contributed by atoms with Gasteiger partial charge in [-0.15, -0.1) is 0 Å². The number of hydrogen-bond acceptors (Lipinski definition) is 5. The number of nitrogens with zero attached hydrogens (tertiary/aromatic N) is 2. The molecule has 36 heavy (non-hydrogen) atoms. The average molecular weight is 498 g/mol. The lowest BCUT2D eigenvalue weighted by molar-refractivity contribution is -0.138. The standard InChI is InChI=1S/C25H21F3N4O4/c1-23-11-17(31-22(35)30-14-6-4-3-5-7-14)24(2,36-23)19-18(23)20(33)32(21(19)34)15-9-8-13(12-29)16(10-15)25(26,27)28/h3-10,17-19H,11H2,1-2H3,(H2,30,31,35)/t17-,18-,19+,23?,24?/m0/s1. The quantitative estimate of drug-likeness (QED) is 0.625. The Morgan fingerprint density at radius 2 is 1.78 bits per heavy atom. The molecule has 0 aromatic heterocycles. The number of amides is 4. The van der Waals surface area contributed by atoms with Crippen LogP contribution in [0.5, 0.6) is 0 Å². The zero-order valence-corrected chi connectivity index (χ0v) is 19.2. The van der Waals surface area contributed by atoms with Gasteiger partial charge in [-0.2, -0.15) is 18.4 Å². The SMILES string of the molecule is CC12C[C@H](NC(=O)Nc3ccccc3)C(C)(O1)[C@H]1C(=O)N(c3ccc(C#N)c(C(F)(F)F)c3)C(=O)[C@H]12. The number of anilines is 2. The molecule has 3 fully saturated rings. The molecule has 2 aromatic rings. The first kappa shape index (κ1) is 23.8. The molecule has 186 valence electrons. The summed E-state index contributed by atoms with van der Waals surface area (Å²) in [7, 11) is 0. The van der Waals surface area contributed by atoms with Crippen LogP contribution in [0.1, 0.15) is 31.4 Å². The lowest BCUT2D eigenvalue weighted by atomic mass is 9.66. The van der Waals surface area contributed by atoms with Crippen LogP contribution in [0.3, 0.4) is 0 Å². The van der Waals surface area contributed by atoms with Crippen molar-refractivity contribution in [2.24, 2.45) is 11.8 Å². The van der Waals surface area contributed by atoms with Gasteiger partial charge in [0.05, 0.1) is 52.0 Å². The first-order chi connectivity index (χ1) is 16.9. The van der Waals surface area contributed by atoms with E-state index in [1.807, 2.05) is 0 Å². The van der Waals surface area contributed by atoms with Gasteiger partial charge in [0.2, 0.25) is 11.8 Å². The molecule has 5 atom stereocenters. The molecular weight excluding hydrogens is 477 g/mol. The van der Waals surface area contributed by atoms with Crippen LogP contribution in [-0.4, -0.2) is 35.1 Å². The Morgan fingerprint density at radius 3 is 2.42 bits per heavy atom. The summed E-state index contributed by atoms with van der Waals surface area (Å²) in [5.74, 6) is -3.30. The smallest absolute Gasteiger partial charge is 0.365 e. The number of para-hydroxylation sites is 1. The highest BCUT2D eigenvalue weighted by atomic mass is 19.4. The van der Waals surface area contributed by atoms with Crippen LogP contribution in [0.2, 0.25) is 0 Å². The highest BCUT2D eigenvalue weighted by molar-refractivity contribution is 6.23. The molecule has 3 saturated heterocycles. The van der Waals surface area contributed by atoms with Crippen LogP contribution >= 0.6 is 0 Å².